The molecule has 0 aliphatic rings. The van der Waals surface area contributed by atoms with Gasteiger partial charge in [-0.05, 0) is 25.7 Å². The van der Waals surface area contributed by atoms with E-state index >= 15 is 0 Å². The van der Waals surface area contributed by atoms with Crippen LogP contribution in [0.15, 0.2) is 0 Å². The first kappa shape index (κ1) is 13.4. The monoisotopic (exact) mass is 249 g/mol. The molecule has 1 unspecified atom stereocenters. The summed E-state index contributed by atoms with van der Waals surface area (Å²) in [5.41, 5.74) is 0. The van der Waals surface area contributed by atoms with Crippen molar-refractivity contribution in [1.82, 2.24) is 4.90 Å². The Hall–Kier alpha value is 0.440. The SMILES string of the molecule is CC(C)CN(CC(C)CBr)C(C)C. The molecule has 0 aromatic rings. The van der Waals surface area contributed by atoms with E-state index in [1.165, 1.54) is 13.1 Å². The zero-order valence-electron chi connectivity index (χ0n) is 9.68. The number of alkyl halides is 1. The number of nitrogens with zero attached hydrogens (tertiary/aromatic N) is 1. The molecule has 13 heavy (non-hydrogen) atoms. The molecule has 0 saturated heterocycles. The summed E-state index contributed by atoms with van der Waals surface area (Å²) in [6, 6.07) is 0.670. The van der Waals surface area contributed by atoms with Gasteiger partial charge in [-0.25, -0.2) is 0 Å². The highest BCUT2D eigenvalue weighted by Crippen LogP contribution is 2.09. The van der Waals surface area contributed by atoms with Crippen molar-refractivity contribution in [3.63, 3.8) is 0 Å². The predicted molar refractivity (Wildman–Crippen MR) is 64.5 cm³/mol. The highest BCUT2D eigenvalue weighted by molar-refractivity contribution is 9.09. The average molecular weight is 250 g/mol. The normalized spacial score (nSPS) is 14.5. The van der Waals surface area contributed by atoms with E-state index in [4.69, 9.17) is 0 Å². The van der Waals surface area contributed by atoms with E-state index in [0.717, 1.165) is 17.2 Å². The molecule has 0 aromatic heterocycles. The van der Waals surface area contributed by atoms with Crippen LogP contribution in [0.5, 0.6) is 0 Å². The van der Waals surface area contributed by atoms with Crippen LogP contribution in [0.25, 0.3) is 0 Å². The third-order valence-electron chi connectivity index (χ3n) is 2.14. The summed E-state index contributed by atoms with van der Waals surface area (Å²) in [7, 11) is 0. The van der Waals surface area contributed by atoms with Crippen LogP contribution in [0.2, 0.25) is 0 Å². The molecule has 0 N–H and O–H groups in total. The first-order chi connectivity index (χ1) is 5.97. The Kier molecular flexibility index (Phi) is 7.06. The van der Waals surface area contributed by atoms with Gasteiger partial charge in [0.2, 0.25) is 0 Å². The average Bonchev–Trinajstić information content (AvgIpc) is 2.02. The second-order valence-electron chi connectivity index (χ2n) is 4.70. The third-order valence-corrected chi connectivity index (χ3v) is 3.24. The quantitative estimate of drug-likeness (QED) is 0.653. The standard InChI is InChI=1S/C11H24BrN/c1-9(2)7-13(10(3)4)8-11(5)6-12/h9-11H,6-8H2,1-5H3. The Labute approximate surface area is 92.0 Å². The van der Waals surface area contributed by atoms with E-state index < -0.39 is 0 Å². The van der Waals surface area contributed by atoms with E-state index in [-0.39, 0.29) is 0 Å². The van der Waals surface area contributed by atoms with Crippen LogP contribution in [0.4, 0.5) is 0 Å². The third kappa shape index (κ3) is 6.50. The lowest BCUT2D eigenvalue weighted by Gasteiger charge is -2.30. The minimum atomic E-state index is 0.670. The number of rotatable bonds is 6. The largest absolute Gasteiger partial charge is 0.300 e. The molecule has 0 aromatic carbocycles. The first-order valence-electron chi connectivity index (χ1n) is 5.27. The lowest BCUT2D eigenvalue weighted by atomic mass is 10.1. The molecule has 1 atom stereocenters. The van der Waals surface area contributed by atoms with Crippen molar-refractivity contribution in [2.45, 2.75) is 40.7 Å². The summed E-state index contributed by atoms with van der Waals surface area (Å²) in [4.78, 5) is 2.57. The molecule has 0 amide bonds. The summed E-state index contributed by atoms with van der Waals surface area (Å²) in [5, 5.41) is 1.11. The Balaban J connectivity index is 3.94. The van der Waals surface area contributed by atoms with E-state index in [9.17, 15) is 0 Å². The van der Waals surface area contributed by atoms with Crippen molar-refractivity contribution in [3.8, 4) is 0 Å². The Bertz CT molecular complexity index is 123. The molecule has 0 bridgehead atoms. The van der Waals surface area contributed by atoms with Gasteiger partial charge < -0.3 is 4.90 Å². The van der Waals surface area contributed by atoms with Crippen molar-refractivity contribution in [2.24, 2.45) is 11.8 Å². The van der Waals surface area contributed by atoms with Gasteiger partial charge in [-0.3, -0.25) is 0 Å². The minimum Gasteiger partial charge on any atom is -0.300 e. The summed E-state index contributed by atoms with van der Waals surface area (Å²) < 4.78 is 0. The molecule has 0 aliphatic heterocycles. The highest BCUT2D eigenvalue weighted by Gasteiger charge is 2.13. The number of hydrogen-bond donors (Lipinski definition) is 0. The topological polar surface area (TPSA) is 3.24 Å². The van der Waals surface area contributed by atoms with Crippen LogP contribution in [-0.2, 0) is 0 Å². The van der Waals surface area contributed by atoms with Crippen molar-refractivity contribution in [3.05, 3.63) is 0 Å². The van der Waals surface area contributed by atoms with Gasteiger partial charge in [0.25, 0.3) is 0 Å². The van der Waals surface area contributed by atoms with E-state index in [1.807, 2.05) is 0 Å². The molecular weight excluding hydrogens is 226 g/mol. The molecule has 0 fully saturated rings. The fourth-order valence-electron chi connectivity index (χ4n) is 1.41. The Morgan fingerprint density at radius 2 is 1.54 bits per heavy atom. The molecule has 0 rings (SSSR count). The molecular formula is C11H24BrN. The maximum atomic E-state index is 3.53. The van der Waals surface area contributed by atoms with Crippen molar-refractivity contribution in [2.75, 3.05) is 18.4 Å². The van der Waals surface area contributed by atoms with Crippen molar-refractivity contribution in [1.29, 1.82) is 0 Å². The molecule has 1 nitrogen and oxygen atoms in total. The molecule has 0 aliphatic carbocycles. The molecule has 0 heterocycles. The maximum absolute atomic E-state index is 3.53. The van der Waals surface area contributed by atoms with Crippen LogP contribution >= 0.6 is 15.9 Å². The van der Waals surface area contributed by atoms with Crippen LogP contribution in [-0.4, -0.2) is 29.4 Å². The smallest absolute Gasteiger partial charge is 0.00692 e. The molecule has 0 radical (unpaired) electrons. The van der Waals surface area contributed by atoms with Gasteiger partial charge in [0.05, 0.1) is 0 Å². The second kappa shape index (κ2) is 6.83. The second-order valence-corrected chi connectivity index (χ2v) is 5.35. The van der Waals surface area contributed by atoms with Gasteiger partial charge in [0.15, 0.2) is 0 Å². The van der Waals surface area contributed by atoms with Gasteiger partial charge in [-0.2, -0.15) is 0 Å². The lowest BCUT2D eigenvalue weighted by molar-refractivity contribution is 0.178. The van der Waals surface area contributed by atoms with Gasteiger partial charge in [-0.1, -0.05) is 36.7 Å². The Morgan fingerprint density at radius 1 is 1.00 bits per heavy atom. The molecule has 80 valence electrons. The zero-order valence-corrected chi connectivity index (χ0v) is 11.3. The number of halogens is 1. The van der Waals surface area contributed by atoms with Crippen molar-refractivity contribution < 1.29 is 0 Å². The van der Waals surface area contributed by atoms with E-state index in [0.29, 0.717) is 6.04 Å². The maximum Gasteiger partial charge on any atom is 0.00692 e. The van der Waals surface area contributed by atoms with Crippen LogP contribution in [0.1, 0.15) is 34.6 Å². The fourth-order valence-corrected chi connectivity index (χ4v) is 1.62. The number of hydrogen-bond acceptors (Lipinski definition) is 1. The molecule has 2 heteroatoms. The minimum absolute atomic E-state index is 0.670. The van der Waals surface area contributed by atoms with Crippen LogP contribution in [0, 0.1) is 11.8 Å². The van der Waals surface area contributed by atoms with Crippen LogP contribution in [0.3, 0.4) is 0 Å². The van der Waals surface area contributed by atoms with Gasteiger partial charge in [0, 0.05) is 24.5 Å². The van der Waals surface area contributed by atoms with Gasteiger partial charge in [0.1, 0.15) is 0 Å². The van der Waals surface area contributed by atoms with Crippen LogP contribution < -0.4 is 0 Å². The van der Waals surface area contributed by atoms with E-state index in [2.05, 4.69) is 55.4 Å². The summed E-state index contributed by atoms with van der Waals surface area (Å²) in [6.45, 7) is 13.9. The fraction of sp³-hybridized carbons (Fsp3) is 1.00. The summed E-state index contributed by atoms with van der Waals surface area (Å²) in [6.07, 6.45) is 0. The Morgan fingerprint density at radius 3 is 1.85 bits per heavy atom. The van der Waals surface area contributed by atoms with Gasteiger partial charge in [-0.15, -0.1) is 0 Å². The summed E-state index contributed by atoms with van der Waals surface area (Å²) >= 11 is 3.53. The summed E-state index contributed by atoms with van der Waals surface area (Å²) in [5.74, 6) is 1.52. The lowest BCUT2D eigenvalue weighted by Crippen LogP contribution is -2.37. The highest BCUT2D eigenvalue weighted by atomic mass is 79.9. The predicted octanol–water partition coefficient (Wildman–Crippen LogP) is 3.38. The zero-order chi connectivity index (χ0) is 10.4. The molecule has 0 saturated carbocycles. The molecule has 0 spiro atoms. The van der Waals surface area contributed by atoms with Crippen molar-refractivity contribution >= 4 is 15.9 Å². The van der Waals surface area contributed by atoms with E-state index in [1.54, 1.807) is 0 Å². The first-order valence-corrected chi connectivity index (χ1v) is 6.39. The van der Waals surface area contributed by atoms with Gasteiger partial charge >= 0.3 is 0 Å².